The minimum absolute atomic E-state index is 0.0320. The lowest BCUT2D eigenvalue weighted by atomic mass is 9.75. The van der Waals surface area contributed by atoms with E-state index in [9.17, 15) is 13.2 Å². The second-order valence-corrected chi connectivity index (χ2v) is 8.83. The fourth-order valence-electron chi connectivity index (χ4n) is 2.25. The van der Waals surface area contributed by atoms with Crippen molar-refractivity contribution in [1.82, 2.24) is 5.32 Å². The third-order valence-corrected chi connectivity index (χ3v) is 6.78. The van der Waals surface area contributed by atoms with E-state index in [4.69, 9.17) is 10.7 Å². The molecule has 0 bridgehead atoms. The lowest BCUT2D eigenvalue weighted by Gasteiger charge is -2.42. The normalized spacial score (nSPS) is 17.8. The minimum atomic E-state index is -3.69. The molecule has 1 saturated carbocycles. The molecule has 1 aromatic heterocycles. The molecule has 0 spiro atoms. The zero-order chi connectivity index (χ0) is 14.1. The summed E-state index contributed by atoms with van der Waals surface area (Å²) in [6, 6.07) is 3.08. The van der Waals surface area contributed by atoms with Crippen LogP contribution in [0.2, 0.25) is 0 Å². The molecule has 106 valence electrons. The molecule has 1 aromatic rings. The molecule has 1 fully saturated rings. The molecule has 0 saturated heterocycles. The van der Waals surface area contributed by atoms with E-state index in [0.717, 1.165) is 37.0 Å². The molecule has 0 aliphatic heterocycles. The fourth-order valence-corrected chi connectivity index (χ4v) is 4.37. The van der Waals surface area contributed by atoms with E-state index in [-0.39, 0.29) is 22.1 Å². The summed E-state index contributed by atoms with van der Waals surface area (Å²) in [5.41, 5.74) is -0.0320. The summed E-state index contributed by atoms with van der Waals surface area (Å²) in [7, 11) is 1.56. The molecule has 1 amide bonds. The lowest BCUT2D eigenvalue weighted by molar-refractivity contribution is -0.123. The van der Waals surface area contributed by atoms with Crippen LogP contribution in [0.1, 0.15) is 37.5 Å². The Bertz CT molecular complexity index is 570. The first-order valence-corrected chi connectivity index (χ1v) is 9.32. The summed E-state index contributed by atoms with van der Waals surface area (Å²) in [6.45, 7) is 2.07. The molecule has 1 N–H and O–H groups in total. The molecule has 0 unspecified atom stereocenters. The number of carbonyl (C=O) groups excluding carboxylic acids is 1. The predicted molar refractivity (Wildman–Crippen MR) is 76.1 cm³/mol. The van der Waals surface area contributed by atoms with Crippen LogP contribution in [0, 0.1) is 0 Å². The average Bonchev–Trinajstić information content (AvgIpc) is 2.71. The predicted octanol–water partition coefficient (Wildman–Crippen LogP) is 2.67. The van der Waals surface area contributed by atoms with E-state index in [0.29, 0.717) is 4.88 Å². The molecule has 1 heterocycles. The Kier molecular flexibility index (Phi) is 4.23. The van der Waals surface area contributed by atoms with E-state index in [1.165, 1.54) is 6.07 Å². The van der Waals surface area contributed by atoms with Gasteiger partial charge in [0.1, 0.15) is 4.21 Å². The van der Waals surface area contributed by atoms with Gasteiger partial charge in [0.2, 0.25) is 5.91 Å². The molecular weight excluding hydrogens is 306 g/mol. The molecular formula is C12H16ClNO3S2. The highest BCUT2D eigenvalue weighted by molar-refractivity contribution is 8.15. The van der Waals surface area contributed by atoms with Crippen LogP contribution in [0.25, 0.3) is 0 Å². The van der Waals surface area contributed by atoms with Crippen molar-refractivity contribution in [1.29, 1.82) is 0 Å². The Morgan fingerprint density at radius 3 is 2.58 bits per heavy atom. The van der Waals surface area contributed by atoms with Crippen molar-refractivity contribution >= 4 is 37.0 Å². The summed E-state index contributed by atoms with van der Waals surface area (Å²) in [6.07, 6.45) is 4.35. The molecule has 19 heavy (non-hydrogen) atoms. The molecule has 7 heteroatoms. The monoisotopic (exact) mass is 321 g/mol. The van der Waals surface area contributed by atoms with E-state index >= 15 is 0 Å². The third kappa shape index (κ3) is 3.49. The Morgan fingerprint density at radius 2 is 2.16 bits per heavy atom. The second-order valence-electron chi connectivity index (χ2n) is 4.87. The lowest BCUT2D eigenvalue weighted by Crippen LogP contribution is -2.53. The van der Waals surface area contributed by atoms with Gasteiger partial charge in [0, 0.05) is 21.1 Å². The maximum Gasteiger partial charge on any atom is 0.270 e. The van der Waals surface area contributed by atoms with E-state index < -0.39 is 9.05 Å². The standard InChI is InChI=1S/C12H16ClNO3S2/c1-2-12(6-3-7-12)14-10(15)8-9-4-5-11(18-9)19(13,16)17/h4-5H,2-3,6-8H2,1H3,(H,14,15). The maximum absolute atomic E-state index is 12.0. The summed E-state index contributed by atoms with van der Waals surface area (Å²) < 4.78 is 22.4. The van der Waals surface area contributed by atoms with Gasteiger partial charge in [-0.25, -0.2) is 8.42 Å². The quantitative estimate of drug-likeness (QED) is 0.848. The fraction of sp³-hybridized carbons (Fsp3) is 0.583. The van der Waals surface area contributed by atoms with Crippen LogP contribution in [-0.4, -0.2) is 19.9 Å². The van der Waals surface area contributed by atoms with Gasteiger partial charge in [-0.05, 0) is 37.8 Å². The molecule has 4 nitrogen and oxygen atoms in total. The number of hydrogen-bond acceptors (Lipinski definition) is 4. The molecule has 1 aliphatic carbocycles. The largest absolute Gasteiger partial charge is 0.350 e. The number of hydrogen-bond donors (Lipinski definition) is 1. The van der Waals surface area contributed by atoms with E-state index in [1.54, 1.807) is 6.07 Å². The van der Waals surface area contributed by atoms with Gasteiger partial charge in [-0.15, -0.1) is 11.3 Å². The van der Waals surface area contributed by atoms with Crippen molar-refractivity contribution in [3.8, 4) is 0 Å². The summed E-state index contributed by atoms with van der Waals surface area (Å²) >= 11 is 1.05. The summed E-state index contributed by atoms with van der Waals surface area (Å²) in [5, 5.41) is 3.06. The van der Waals surface area contributed by atoms with Gasteiger partial charge in [-0.2, -0.15) is 0 Å². The summed E-state index contributed by atoms with van der Waals surface area (Å²) in [5.74, 6) is -0.0538. The van der Waals surface area contributed by atoms with Gasteiger partial charge < -0.3 is 5.32 Å². The van der Waals surface area contributed by atoms with Gasteiger partial charge in [0.25, 0.3) is 9.05 Å². The van der Waals surface area contributed by atoms with Crippen LogP contribution >= 0.6 is 22.0 Å². The van der Waals surface area contributed by atoms with Gasteiger partial charge in [0.05, 0.1) is 6.42 Å². The number of amides is 1. The topological polar surface area (TPSA) is 63.2 Å². The van der Waals surface area contributed by atoms with Crippen molar-refractivity contribution in [2.45, 2.75) is 48.8 Å². The van der Waals surface area contributed by atoms with Gasteiger partial charge >= 0.3 is 0 Å². The average molecular weight is 322 g/mol. The maximum atomic E-state index is 12.0. The molecule has 1 aliphatic rings. The van der Waals surface area contributed by atoms with Crippen molar-refractivity contribution in [3.05, 3.63) is 17.0 Å². The first-order chi connectivity index (χ1) is 8.85. The molecule has 0 radical (unpaired) electrons. The minimum Gasteiger partial charge on any atom is -0.350 e. The van der Waals surface area contributed by atoms with Crippen LogP contribution < -0.4 is 5.32 Å². The highest BCUT2D eigenvalue weighted by atomic mass is 35.7. The number of rotatable bonds is 5. The number of nitrogens with one attached hydrogen (secondary N) is 1. The van der Waals surface area contributed by atoms with Crippen LogP contribution in [0.5, 0.6) is 0 Å². The van der Waals surface area contributed by atoms with Gasteiger partial charge in [-0.3, -0.25) is 4.79 Å². The number of halogens is 1. The van der Waals surface area contributed by atoms with Gasteiger partial charge in [0.15, 0.2) is 0 Å². The van der Waals surface area contributed by atoms with Crippen molar-refractivity contribution < 1.29 is 13.2 Å². The van der Waals surface area contributed by atoms with Crippen molar-refractivity contribution in [3.63, 3.8) is 0 Å². The SMILES string of the molecule is CCC1(NC(=O)Cc2ccc(S(=O)(=O)Cl)s2)CCC1. The third-order valence-electron chi connectivity index (χ3n) is 3.60. The Balaban J connectivity index is 1.98. The number of carbonyl (C=O) groups is 1. The number of thiophene rings is 1. The first kappa shape index (κ1) is 14.8. The van der Waals surface area contributed by atoms with Crippen molar-refractivity contribution in [2.75, 3.05) is 0 Å². The second kappa shape index (κ2) is 5.42. The van der Waals surface area contributed by atoms with Crippen LogP contribution in [0.4, 0.5) is 0 Å². The molecule has 0 atom stereocenters. The molecule has 0 aromatic carbocycles. The molecule has 2 rings (SSSR count). The van der Waals surface area contributed by atoms with Crippen molar-refractivity contribution in [2.24, 2.45) is 0 Å². The highest BCUT2D eigenvalue weighted by Gasteiger charge is 2.36. The highest BCUT2D eigenvalue weighted by Crippen LogP contribution is 2.34. The Morgan fingerprint density at radius 1 is 1.47 bits per heavy atom. The Labute approximate surface area is 121 Å². The van der Waals surface area contributed by atoms with Gasteiger partial charge in [-0.1, -0.05) is 6.92 Å². The first-order valence-electron chi connectivity index (χ1n) is 6.19. The zero-order valence-corrected chi connectivity index (χ0v) is 13.0. The smallest absolute Gasteiger partial charge is 0.270 e. The van der Waals surface area contributed by atoms with Crippen LogP contribution in [0.15, 0.2) is 16.3 Å². The zero-order valence-electron chi connectivity index (χ0n) is 10.6. The Hall–Kier alpha value is -0.590. The van der Waals surface area contributed by atoms with Crippen LogP contribution in [0.3, 0.4) is 0 Å². The van der Waals surface area contributed by atoms with E-state index in [2.05, 4.69) is 12.2 Å². The van der Waals surface area contributed by atoms with Crippen LogP contribution in [-0.2, 0) is 20.3 Å². The summed E-state index contributed by atoms with van der Waals surface area (Å²) in [4.78, 5) is 12.7. The van der Waals surface area contributed by atoms with E-state index in [1.807, 2.05) is 0 Å².